The first-order valence-electron chi connectivity index (χ1n) is 6.80. The van der Waals surface area contributed by atoms with Crippen LogP contribution in [-0.4, -0.2) is 45.5 Å². The Labute approximate surface area is 132 Å². The van der Waals surface area contributed by atoms with E-state index in [0.717, 1.165) is 0 Å². The Kier molecular flexibility index (Phi) is 4.68. The lowest BCUT2D eigenvalue weighted by Gasteiger charge is -2.20. The maximum Gasteiger partial charge on any atom is 0.342 e. The number of methoxy groups -OCH3 is 3. The molecule has 0 atom stereocenters. The maximum atomic E-state index is 12.5. The molecule has 0 bridgehead atoms. The van der Waals surface area contributed by atoms with E-state index in [-0.39, 0.29) is 40.6 Å². The van der Waals surface area contributed by atoms with Crippen LogP contribution in [0.4, 0.5) is 0 Å². The normalized spacial score (nSPS) is 13.1. The van der Waals surface area contributed by atoms with Gasteiger partial charge in [0, 0.05) is 11.6 Å². The van der Waals surface area contributed by atoms with E-state index in [9.17, 15) is 14.4 Å². The molecule has 2 rings (SSSR count). The molecule has 1 aliphatic carbocycles. The van der Waals surface area contributed by atoms with E-state index in [2.05, 4.69) is 0 Å². The molecule has 0 saturated carbocycles. The highest BCUT2D eigenvalue weighted by atomic mass is 16.5. The number of hydrogen-bond acceptors (Lipinski definition) is 7. The lowest BCUT2D eigenvalue weighted by atomic mass is 9.88. The lowest BCUT2D eigenvalue weighted by molar-refractivity contribution is -0.139. The standard InChI is InChI=1S/C16H16O7/c1-5-23-16(19)9-6-8-10(20-2)7-11(21-3)15(22-4)12(8)14(18)13(9)17/h6-7H,5H2,1-4H3. The average molecular weight is 320 g/mol. The number of carbonyl (C=O) groups is 3. The van der Waals surface area contributed by atoms with E-state index < -0.39 is 17.5 Å². The molecule has 0 radical (unpaired) electrons. The van der Waals surface area contributed by atoms with Gasteiger partial charge in [0.15, 0.2) is 11.5 Å². The van der Waals surface area contributed by atoms with Crippen LogP contribution in [0.3, 0.4) is 0 Å². The fourth-order valence-electron chi connectivity index (χ4n) is 2.33. The van der Waals surface area contributed by atoms with Crippen LogP contribution in [-0.2, 0) is 14.3 Å². The molecular weight excluding hydrogens is 304 g/mol. The monoisotopic (exact) mass is 320 g/mol. The van der Waals surface area contributed by atoms with Crippen molar-refractivity contribution in [3.05, 3.63) is 22.8 Å². The zero-order chi connectivity index (χ0) is 17.1. The quantitative estimate of drug-likeness (QED) is 0.460. The number of ether oxygens (including phenoxy) is 4. The minimum atomic E-state index is -0.954. The first-order valence-corrected chi connectivity index (χ1v) is 6.80. The van der Waals surface area contributed by atoms with Crippen molar-refractivity contribution in [2.75, 3.05) is 27.9 Å². The summed E-state index contributed by atoms with van der Waals surface area (Å²) in [5.41, 5.74) is -0.0607. The van der Waals surface area contributed by atoms with E-state index in [1.54, 1.807) is 6.92 Å². The minimum Gasteiger partial charge on any atom is -0.496 e. The predicted molar refractivity (Wildman–Crippen MR) is 80.0 cm³/mol. The molecule has 0 aliphatic heterocycles. The molecule has 7 heteroatoms. The molecular formula is C16H16O7. The summed E-state index contributed by atoms with van der Waals surface area (Å²) in [6.07, 6.45) is 1.28. The number of ketones is 2. The number of rotatable bonds is 5. The van der Waals surface area contributed by atoms with E-state index >= 15 is 0 Å². The molecule has 0 heterocycles. The van der Waals surface area contributed by atoms with Gasteiger partial charge in [-0.1, -0.05) is 0 Å². The van der Waals surface area contributed by atoms with Gasteiger partial charge >= 0.3 is 5.97 Å². The predicted octanol–water partition coefficient (Wildman–Crippen LogP) is 1.42. The van der Waals surface area contributed by atoms with Crippen molar-refractivity contribution >= 4 is 23.6 Å². The zero-order valence-corrected chi connectivity index (χ0v) is 13.2. The van der Waals surface area contributed by atoms with Gasteiger partial charge in [-0.2, -0.15) is 0 Å². The van der Waals surface area contributed by atoms with Crippen molar-refractivity contribution in [3.8, 4) is 17.2 Å². The second kappa shape index (κ2) is 6.51. The number of benzene rings is 1. The highest BCUT2D eigenvalue weighted by Crippen LogP contribution is 2.43. The van der Waals surface area contributed by atoms with Crippen molar-refractivity contribution < 1.29 is 33.3 Å². The van der Waals surface area contributed by atoms with Crippen molar-refractivity contribution in [2.24, 2.45) is 0 Å². The number of fused-ring (bicyclic) bond motifs is 1. The Morgan fingerprint density at radius 3 is 2.17 bits per heavy atom. The minimum absolute atomic E-state index is 0.00162. The third-order valence-corrected chi connectivity index (χ3v) is 3.35. The first-order chi connectivity index (χ1) is 11.0. The third kappa shape index (κ3) is 2.65. The molecule has 122 valence electrons. The molecule has 1 aliphatic rings. The van der Waals surface area contributed by atoms with E-state index in [0.29, 0.717) is 0 Å². The van der Waals surface area contributed by atoms with Crippen LogP contribution < -0.4 is 14.2 Å². The second-order valence-corrected chi connectivity index (χ2v) is 4.54. The van der Waals surface area contributed by atoms with Gasteiger partial charge in [-0.3, -0.25) is 9.59 Å². The highest BCUT2D eigenvalue weighted by molar-refractivity contribution is 6.57. The maximum absolute atomic E-state index is 12.5. The van der Waals surface area contributed by atoms with E-state index in [1.807, 2.05) is 0 Å². The second-order valence-electron chi connectivity index (χ2n) is 4.54. The van der Waals surface area contributed by atoms with Crippen molar-refractivity contribution in [2.45, 2.75) is 6.92 Å². The van der Waals surface area contributed by atoms with Gasteiger partial charge in [0.2, 0.25) is 11.6 Å². The average Bonchev–Trinajstić information content (AvgIpc) is 2.56. The lowest BCUT2D eigenvalue weighted by Crippen LogP contribution is -2.27. The fraction of sp³-hybridized carbons (Fsp3) is 0.312. The smallest absolute Gasteiger partial charge is 0.342 e. The summed E-state index contributed by atoms with van der Waals surface area (Å²) in [4.78, 5) is 36.6. The summed E-state index contributed by atoms with van der Waals surface area (Å²) in [5.74, 6) is -2.05. The molecule has 0 N–H and O–H groups in total. The summed E-state index contributed by atoms with van der Waals surface area (Å²) < 4.78 is 20.4. The Morgan fingerprint density at radius 1 is 1.00 bits per heavy atom. The third-order valence-electron chi connectivity index (χ3n) is 3.35. The molecule has 1 aromatic carbocycles. The molecule has 1 aromatic rings. The molecule has 7 nitrogen and oxygen atoms in total. The molecule has 0 fully saturated rings. The highest BCUT2D eigenvalue weighted by Gasteiger charge is 2.37. The molecule has 0 aromatic heterocycles. The molecule has 0 unspecified atom stereocenters. The Hall–Kier alpha value is -2.83. The van der Waals surface area contributed by atoms with Crippen LogP contribution in [0.5, 0.6) is 17.2 Å². The SMILES string of the molecule is CCOC(=O)C1=Cc2c(OC)cc(OC)c(OC)c2C(=O)C1=O. The first kappa shape index (κ1) is 16.5. The summed E-state index contributed by atoms with van der Waals surface area (Å²) in [5, 5.41) is 0. The van der Waals surface area contributed by atoms with Crippen molar-refractivity contribution in [1.29, 1.82) is 0 Å². The van der Waals surface area contributed by atoms with Crippen LogP contribution in [0, 0.1) is 0 Å². The summed E-state index contributed by atoms with van der Waals surface area (Å²) in [7, 11) is 4.16. The van der Waals surface area contributed by atoms with Gasteiger partial charge in [-0.05, 0) is 13.0 Å². The Balaban J connectivity index is 2.76. The van der Waals surface area contributed by atoms with E-state index in [1.165, 1.54) is 33.5 Å². The molecule has 0 amide bonds. The summed E-state index contributed by atoms with van der Waals surface area (Å²) in [6.45, 7) is 1.70. The van der Waals surface area contributed by atoms with Gasteiger partial charge in [-0.15, -0.1) is 0 Å². The number of carbonyl (C=O) groups excluding carboxylic acids is 3. The van der Waals surface area contributed by atoms with Gasteiger partial charge in [0.25, 0.3) is 0 Å². The van der Waals surface area contributed by atoms with Crippen LogP contribution in [0.15, 0.2) is 11.6 Å². The zero-order valence-electron chi connectivity index (χ0n) is 13.2. The van der Waals surface area contributed by atoms with Gasteiger partial charge < -0.3 is 18.9 Å². The summed E-state index contributed by atoms with van der Waals surface area (Å²) in [6, 6.07) is 1.51. The fourth-order valence-corrected chi connectivity index (χ4v) is 2.33. The van der Waals surface area contributed by atoms with Crippen LogP contribution >= 0.6 is 0 Å². The summed E-state index contributed by atoms with van der Waals surface area (Å²) >= 11 is 0. The van der Waals surface area contributed by atoms with Crippen molar-refractivity contribution in [3.63, 3.8) is 0 Å². The largest absolute Gasteiger partial charge is 0.496 e. The van der Waals surface area contributed by atoms with Crippen LogP contribution in [0.25, 0.3) is 6.08 Å². The Morgan fingerprint density at radius 2 is 1.65 bits per heavy atom. The topological polar surface area (TPSA) is 88.1 Å². The van der Waals surface area contributed by atoms with Crippen LogP contribution in [0.1, 0.15) is 22.8 Å². The molecule has 0 saturated heterocycles. The van der Waals surface area contributed by atoms with Gasteiger partial charge in [-0.25, -0.2) is 4.79 Å². The number of esters is 1. The van der Waals surface area contributed by atoms with E-state index in [4.69, 9.17) is 18.9 Å². The van der Waals surface area contributed by atoms with Gasteiger partial charge in [0.1, 0.15) is 11.3 Å². The molecule has 0 spiro atoms. The number of hydrogen-bond donors (Lipinski definition) is 0. The van der Waals surface area contributed by atoms with Crippen LogP contribution in [0.2, 0.25) is 0 Å². The van der Waals surface area contributed by atoms with Crippen molar-refractivity contribution in [1.82, 2.24) is 0 Å². The Bertz CT molecular complexity index is 716. The van der Waals surface area contributed by atoms with Gasteiger partial charge in [0.05, 0.1) is 33.5 Å². The molecule has 23 heavy (non-hydrogen) atoms. The number of Topliss-reactive ketones (excluding diaryl/α,β-unsaturated/α-hetero) is 2.